The van der Waals surface area contributed by atoms with Gasteiger partial charge in [-0.1, -0.05) is 34.1 Å². The van der Waals surface area contributed by atoms with Gasteiger partial charge < -0.3 is 9.73 Å². The first-order chi connectivity index (χ1) is 10.3. The highest BCUT2D eigenvalue weighted by molar-refractivity contribution is 9.10. The third kappa shape index (κ3) is 3.80. The number of halogens is 1. The van der Waals surface area contributed by atoms with Gasteiger partial charge >= 0.3 is 0 Å². The number of benzene rings is 1. The predicted molar refractivity (Wildman–Crippen MR) is 85.4 cm³/mol. The average molecular weight is 344 g/mol. The van der Waals surface area contributed by atoms with Crippen molar-refractivity contribution >= 4 is 15.9 Å². The van der Waals surface area contributed by atoms with E-state index in [1.165, 1.54) is 0 Å². The zero-order chi connectivity index (χ0) is 14.5. The van der Waals surface area contributed by atoms with Crippen LogP contribution in [0.4, 0.5) is 0 Å². The molecule has 0 aliphatic heterocycles. The van der Waals surface area contributed by atoms with Gasteiger partial charge in [-0.15, -0.1) is 0 Å². The fourth-order valence-electron chi connectivity index (χ4n) is 2.14. The van der Waals surface area contributed by atoms with Gasteiger partial charge in [0.05, 0.1) is 5.69 Å². The molecule has 3 aromatic rings. The zero-order valence-electron chi connectivity index (χ0n) is 11.5. The third-order valence-corrected chi connectivity index (χ3v) is 3.74. The Morgan fingerprint density at radius 3 is 2.57 bits per heavy atom. The fraction of sp³-hybridized carbons (Fsp3) is 0.118. The number of hydrogen-bond donors (Lipinski definition) is 1. The molecule has 2 N–H and O–H groups in total. The van der Waals surface area contributed by atoms with E-state index >= 15 is 0 Å². The Hall–Kier alpha value is -1.91. The van der Waals surface area contributed by atoms with E-state index in [4.69, 9.17) is 4.42 Å². The zero-order valence-corrected chi connectivity index (χ0v) is 13.1. The Balaban J connectivity index is 1.59. The first-order valence-corrected chi connectivity index (χ1v) is 7.67. The van der Waals surface area contributed by atoms with Crippen molar-refractivity contribution in [1.29, 1.82) is 0 Å². The maximum atomic E-state index is 5.88. The van der Waals surface area contributed by atoms with Crippen LogP contribution >= 0.6 is 15.9 Å². The Morgan fingerprint density at radius 1 is 0.952 bits per heavy atom. The fourth-order valence-corrected chi connectivity index (χ4v) is 2.40. The van der Waals surface area contributed by atoms with E-state index in [1.807, 2.05) is 60.8 Å². The van der Waals surface area contributed by atoms with Gasteiger partial charge in [-0.3, -0.25) is 4.98 Å². The van der Waals surface area contributed by atoms with Gasteiger partial charge in [-0.05, 0) is 36.4 Å². The van der Waals surface area contributed by atoms with Crippen molar-refractivity contribution in [1.82, 2.24) is 4.98 Å². The normalized spacial score (nSPS) is 10.7. The minimum absolute atomic E-state index is 0.813. The number of pyridine rings is 1. The molecule has 0 aliphatic rings. The van der Waals surface area contributed by atoms with Gasteiger partial charge in [-0.25, -0.2) is 0 Å². The van der Waals surface area contributed by atoms with Gasteiger partial charge in [-0.2, -0.15) is 0 Å². The third-order valence-electron chi connectivity index (χ3n) is 3.22. The number of furan rings is 1. The molecule has 2 aromatic heterocycles. The van der Waals surface area contributed by atoms with Crippen LogP contribution in [0.25, 0.3) is 11.3 Å². The molecule has 0 unspecified atom stereocenters. The number of aromatic nitrogens is 1. The van der Waals surface area contributed by atoms with Gasteiger partial charge in [0.2, 0.25) is 0 Å². The lowest BCUT2D eigenvalue weighted by Crippen LogP contribution is -2.80. The van der Waals surface area contributed by atoms with E-state index in [2.05, 4.69) is 26.2 Å². The van der Waals surface area contributed by atoms with Crippen LogP contribution in [-0.4, -0.2) is 4.98 Å². The molecule has 4 heteroatoms. The van der Waals surface area contributed by atoms with Crippen molar-refractivity contribution in [3.63, 3.8) is 0 Å². The number of nitrogens with two attached hydrogens (primary N) is 1. The first-order valence-electron chi connectivity index (χ1n) is 6.87. The molecule has 0 saturated heterocycles. The Kier molecular flexibility index (Phi) is 4.48. The molecule has 0 radical (unpaired) electrons. The second kappa shape index (κ2) is 6.70. The molecule has 0 saturated carbocycles. The Morgan fingerprint density at radius 2 is 1.81 bits per heavy atom. The standard InChI is InChI=1S/C17H15BrN2O/c18-14-6-4-13(5-7-14)17-9-8-16(21-17)12-19-11-15-3-1-2-10-20-15/h1-10,19H,11-12H2/p+1. The number of nitrogens with zero attached hydrogens (tertiary/aromatic N) is 1. The Labute approximate surface area is 132 Å². The summed E-state index contributed by atoms with van der Waals surface area (Å²) in [5, 5.41) is 2.19. The molecule has 1 aromatic carbocycles. The second-order valence-electron chi connectivity index (χ2n) is 4.79. The van der Waals surface area contributed by atoms with Crippen LogP contribution in [0.1, 0.15) is 11.5 Å². The summed E-state index contributed by atoms with van der Waals surface area (Å²) >= 11 is 3.44. The van der Waals surface area contributed by atoms with Gasteiger partial charge in [0.1, 0.15) is 18.8 Å². The molecule has 0 amide bonds. The van der Waals surface area contributed by atoms with Crippen LogP contribution in [0.2, 0.25) is 0 Å². The number of hydrogen-bond acceptors (Lipinski definition) is 2. The lowest BCUT2D eigenvalue weighted by molar-refractivity contribution is -0.688. The monoisotopic (exact) mass is 343 g/mol. The van der Waals surface area contributed by atoms with Gasteiger partial charge in [0.15, 0.2) is 5.76 Å². The van der Waals surface area contributed by atoms with E-state index in [-0.39, 0.29) is 0 Å². The summed E-state index contributed by atoms with van der Waals surface area (Å²) in [7, 11) is 0. The molecule has 3 rings (SSSR count). The summed E-state index contributed by atoms with van der Waals surface area (Å²) < 4.78 is 6.95. The predicted octanol–water partition coefficient (Wildman–Crippen LogP) is 3.37. The molecule has 2 heterocycles. The van der Waals surface area contributed by atoms with Crippen LogP contribution in [0, 0.1) is 0 Å². The van der Waals surface area contributed by atoms with Crippen molar-refractivity contribution in [3.05, 3.63) is 76.7 Å². The first kappa shape index (κ1) is 14.0. The van der Waals surface area contributed by atoms with Crippen molar-refractivity contribution in [2.45, 2.75) is 13.1 Å². The largest absolute Gasteiger partial charge is 0.455 e. The summed E-state index contributed by atoms with van der Waals surface area (Å²) in [4.78, 5) is 4.30. The minimum atomic E-state index is 0.813. The topological polar surface area (TPSA) is 42.6 Å². The summed E-state index contributed by atoms with van der Waals surface area (Å²) in [5.74, 6) is 1.88. The SMILES string of the molecule is Brc1ccc(-c2ccc(C[NH2+]Cc3ccccn3)o2)cc1. The second-order valence-corrected chi connectivity index (χ2v) is 5.71. The van der Waals surface area contributed by atoms with Crippen molar-refractivity contribution in [3.8, 4) is 11.3 Å². The number of rotatable bonds is 5. The van der Waals surface area contributed by atoms with Crippen molar-refractivity contribution < 1.29 is 9.73 Å². The van der Waals surface area contributed by atoms with Crippen LogP contribution in [0.3, 0.4) is 0 Å². The average Bonchev–Trinajstić information content (AvgIpc) is 2.98. The highest BCUT2D eigenvalue weighted by Crippen LogP contribution is 2.23. The lowest BCUT2D eigenvalue weighted by Gasteiger charge is -2.00. The molecular formula is C17H16BrN2O+. The van der Waals surface area contributed by atoms with Crippen LogP contribution in [-0.2, 0) is 13.1 Å². The smallest absolute Gasteiger partial charge is 0.158 e. The lowest BCUT2D eigenvalue weighted by atomic mass is 10.2. The molecule has 106 valence electrons. The molecule has 0 atom stereocenters. The Bertz CT molecular complexity index is 692. The molecule has 3 nitrogen and oxygen atoms in total. The van der Waals surface area contributed by atoms with E-state index < -0.39 is 0 Å². The minimum Gasteiger partial charge on any atom is -0.455 e. The molecule has 0 aliphatic carbocycles. The van der Waals surface area contributed by atoms with Gasteiger partial charge in [0, 0.05) is 16.2 Å². The molecular weight excluding hydrogens is 328 g/mol. The van der Waals surface area contributed by atoms with E-state index in [0.717, 1.165) is 40.3 Å². The summed E-state index contributed by atoms with van der Waals surface area (Å²) in [5.41, 5.74) is 2.17. The molecule has 0 fully saturated rings. The highest BCUT2D eigenvalue weighted by Gasteiger charge is 2.06. The van der Waals surface area contributed by atoms with E-state index in [9.17, 15) is 0 Å². The quantitative estimate of drug-likeness (QED) is 0.771. The van der Waals surface area contributed by atoms with Crippen LogP contribution < -0.4 is 5.32 Å². The van der Waals surface area contributed by atoms with E-state index in [1.54, 1.807) is 0 Å². The van der Waals surface area contributed by atoms with Crippen molar-refractivity contribution in [2.24, 2.45) is 0 Å². The highest BCUT2D eigenvalue weighted by atomic mass is 79.9. The molecule has 0 spiro atoms. The maximum absolute atomic E-state index is 5.88. The maximum Gasteiger partial charge on any atom is 0.158 e. The molecule has 21 heavy (non-hydrogen) atoms. The van der Waals surface area contributed by atoms with Crippen LogP contribution in [0.15, 0.2) is 69.7 Å². The van der Waals surface area contributed by atoms with Crippen molar-refractivity contribution in [2.75, 3.05) is 0 Å². The summed E-state index contributed by atoms with van der Waals surface area (Å²) in [6, 6.07) is 18.2. The summed E-state index contributed by atoms with van der Waals surface area (Å²) in [6.07, 6.45) is 1.82. The number of quaternary nitrogens is 1. The van der Waals surface area contributed by atoms with E-state index in [0.29, 0.717) is 0 Å². The summed E-state index contributed by atoms with van der Waals surface area (Å²) in [6.45, 7) is 1.67. The van der Waals surface area contributed by atoms with Gasteiger partial charge in [0.25, 0.3) is 0 Å². The van der Waals surface area contributed by atoms with Crippen LogP contribution in [0.5, 0.6) is 0 Å². The molecule has 0 bridgehead atoms.